The van der Waals surface area contributed by atoms with Crippen molar-refractivity contribution in [3.05, 3.63) is 65.2 Å². The summed E-state index contributed by atoms with van der Waals surface area (Å²) in [4.78, 5) is 0. The molecular formula is C24H26O. The lowest BCUT2D eigenvalue weighted by atomic mass is 10.1. The standard InChI is InChI=1S/C24H26O/c1-3-5-7-9-21-10-12-22(13-11-21)14-15-23-16-18-24(19-17-23)25-20-8-6-4-2/h2,10-13,16-19H,3,5-9,20H2,1H3. The Hall–Kier alpha value is -2.64. The lowest BCUT2D eigenvalue weighted by Gasteiger charge is -2.04. The van der Waals surface area contributed by atoms with Gasteiger partial charge in [0.1, 0.15) is 5.75 Å². The first-order valence-electron chi connectivity index (χ1n) is 9.09. The number of rotatable bonds is 8. The number of ether oxygens (including phenoxy) is 1. The van der Waals surface area contributed by atoms with Gasteiger partial charge < -0.3 is 4.74 Å². The van der Waals surface area contributed by atoms with Crippen LogP contribution < -0.4 is 4.74 Å². The van der Waals surface area contributed by atoms with E-state index >= 15 is 0 Å². The molecule has 0 fully saturated rings. The van der Waals surface area contributed by atoms with Gasteiger partial charge in [-0.3, -0.25) is 0 Å². The zero-order chi connectivity index (χ0) is 17.7. The first kappa shape index (κ1) is 18.7. The van der Waals surface area contributed by atoms with Gasteiger partial charge in [0.05, 0.1) is 6.61 Å². The first-order valence-corrected chi connectivity index (χ1v) is 9.09. The van der Waals surface area contributed by atoms with Crippen LogP contribution in [-0.2, 0) is 6.42 Å². The van der Waals surface area contributed by atoms with Gasteiger partial charge in [-0.25, -0.2) is 0 Å². The summed E-state index contributed by atoms with van der Waals surface area (Å²) in [6, 6.07) is 16.5. The summed E-state index contributed by atoms with van der Waals surface area (Å²) in [5.41, 5.74) is 3.43. The van der Waals surface area contributed by atoms with Crippen molar-refractivity contribution in [3.63, 3.8) is 0 Å². The Morgan fingerprint density at radius 2 is 1.48 bits per heavy atom. The van der Waals surface area contributed by atoms with Crippen molar-refractivity contribution >= 4 is 0 Å². The Labute approximate surface area is 152 Å². The smallest absolute Gasteiger partial charge is 0.119 e. The summed E-state index contributed by atoms with van der Waals surface area (Å²) < 4.78 is 5.64. The molecule has 2 aromatic rings. The van der Waals surface area contributed by atoms with E-state index in [0.717, 1.165) is 36.1 Å². The minimum Gasteiger partial charge on any atom is -0.494 e. The van der Waals surface area contributed by atoms with Crippen LogP contribution in [0.15, 0.2) is 48.5 Å². The van der Waals surface area contributed by atoms with E-state index in [-0.39, 0.29) is 0 Å². The second-order valence-corrected chi connectivity index (χ2v) is 6.08. The van der Waals surface area contributed by atoms with Crippen LogP contribution in [0.1, 0.15) is 55.7 Å². The number of unbranched alkanes of at least 4 members (excludes halogenated alkanes) is 3. The fourth-order valence-corrected chi connectivity index (χ4v) is 2.48. The molecule has 2 aromatic carbocycles. The molecule has 1 nitrogen and oxygen atoms in total. The summed E-state index contributed by atoms with van der Waals surface area (Å²) in [5, 5.41) is 0. The van der Waals surface area contributed by atoms with Crippen molar-refractivity contribution in [3.8, 4) is 29.9 Å². The molecule has 0 aromatic heterocycles. The maximum absolute atomic E-state index is 5.64. The average Bonchev–Trinajstić information content (AvgIpc) is 2.66. The number of terminal acetylenes is 1. The van der Waals surface area contributed by atoms with Crippen molar-refractivity contribution in [1.29, 1.82) is 0 Å². The fourth-order valence-electron chi connectivity index (χ4n) is 2.48. The van der Waals surface area contributed by atoms with E-state index in [1.165, 1.54) is 24.8 Å². The Balaban J connectivity index is 1.86. The lowest BCUT2D eigenvalue weighted by molar-refractivity contribution is 0.313. The largest absolute Gasteiger partial charge is 0.494 e. The second-order valence-electron chi connectivity index (χ2n) is 6.08. The average molecular weight is 330 g/mol. The third-order valence-electron chi connectivity index (χ3n) is 3.96. The molecule has 0 saturated carbocycles. The van der Waals surface area contributed by atoms with Crippen molar-refractivity contribution in [2.75, 3.05) is 6.61 Å². The topological polar surface area (TPSA) is 9.23 Å². The zero-order valence-corrected chi connectivity index (χ0v) is 15.1. The molecule has 0 atom stereocenters. The minimum atomic E-state index is 0.653. The highest BCUT2D eigenvalue weighted by atomic mass is 16.5. The van der Waals surface area contributed by atoms with E-state index in [1.54, 1.807) is 0 Å². The molecule has 0 bridgehead atoms. The van der Waals surface area contributed by atoms with Crippen LogP contribution in [-0.4, -0.2) is 6.61 Å². The van der Waals surface area contributed by atoms with E-state index < -0.39 is 0 Å². The van der Waals surface area contributed by atoms with Gasteiger partial charge in [0.2, 0.25) is 0 Å². The van der Waals surface area contributed by atoms with Gasteiger partial charge >= 0.3 is 0 Å². The van der Waals surface area contributed by atoms with Gasteiger partial charge in [0.25, 0.3) is 0 Å². The Bertz CT molecular complexity index is 721. The summed E-state index contributed by atoms with van der Waals surface area (Å²) in [7, 11) is 0. The number of benzene rings is 2. The highest BCUT2D eigenvalue weighted by molar-refractivity contribution is 5.44. The van der Waals surface area contributed by atoms with E-state index in [2.05, 4.69) is 49.0 Å². The summed E-state index contributed by atoms with van der Waals surface area (Å²) in [5.74, 6) is 9.90. The molecule has 0 aliphatic heterocycles. The predicted molar refractivity (Wildman–Crippen MR) is 106 cm³/mol. The van der Waals surface area contributed by atoms with Gasteiger partial charge in [-0.05, 0) is 61.2 Å². The highest BCUT2D eigenvalue weighted by Crippen LogP contribution is 2.13. The monoisotopic (exact) mass is 330 g/mol. The molecule has 0 aliphatic rings. The third kappa shape index (κ3) is 7.19. The van der Waals surface area contributed by atoms with E-state index in [4.69, 9.17) is 11.2 Å². The summed E-state index contributed by atoms with van der Waals surface area (Å²) >= 11 is 0. The SMILES string of the molecule is C#CCCCOc1ccc(C#Cc2ccc(CCCCC)cc2)cc1. The summed E-state index contributed by atoms with van der Waals surface area (Å²) in [6.45, 7) is 2.89. The van der Waals surface area contributed by atoms with Gasteiger partial charge in [-0.15, -0.1) is 12.3 Å². The minimum absolute atomic E-state index is 0.653. The molecule has 128 valence electrons. The van der Waals surface area contributed by atoms with Gasteiger partial charge in [-0.2, -0.15) is 0 Å². The molecule has 0 heterocycles. The zero-order valence-electron chi connectivity index (χ0n) is 15.1. The summed E-state index contributed by atoms with van der Waals surface area (Å²) in [6.07, 6.45) is 11.8. The molecule has 0 spiro atoms. The highest BCUT2D eigenvalue weighted by Gasteiger charge is 1.95. The molecule has 0 N–H and O–H groups in total. The van der Waals surface area contributed by atoms with Crippen molar-refractivity contribution in [1.82, 2.24) is 0 Å². The molecule has 0 amide bonds. The Morgan fingerprint density at radius 3 is 2.08 bits per heavy atom. The van der Waals surface area contributed by atoms with E-state index in [1.807, 2.05) is 24.3 Å². The molecule has 25 heavy (non-hydrogen) atoms. The van der Waals surface area contributed by atoms with Crippen molar-refractivity contribution in [2.24, 2.45) is 0 Å². The number of aryl methyl sites for hydroxylation is 1. The third-order valence-corrected chi connectivity index (χ3v) is 3.96. The van der Waals surface area contributed by atoms with Gasteiger partial charge in [-0.1, -0.05) is 43.7 Å². The Morgan fingerprint density at radius 1 is 0.840 bits per heavy atom. The van der Waals surface area contributed by atoms with E-state index in [0.29, 0.717) is 6.61 Å². The maximum atomic E-state index is 5.64. The van der Waals surface area contributed by atoms with Crippen LogP contribution in [0.2, 0.25) is 0 Å². The lowest BCUT2D eigenvalue weighted by Crippen LogP contribution is -1.96. The van der Waals surface area contributed by atoms with Crippen LogP contribution in [0, 0.1) is 24.2 Å². The molecule has 1 heteroatoms. The quantitative estimate of drug-likeness (QED) is 0.451. The molecule has 0 aliphatic carbocycles. The molecule has 2 rings (SSSR count). The molecule has 0 unspecified atom stereocenters. The predicted octanol–water partition coefficient (Wildman–Crippen LogP) is 5.61. The number of hydrogen-bond donors (Lipinski definition) is 0. The molecule has 0 saturated heterocycles. The fraction of sp³-hybridized carbons (Fsp3) is 0.333. The second kappa shape index (κ2) is 11.0. The van der Waals surface area contributed by atoms with Gasteiger partial charge in [0, 0.05) is 17.5 Å². The van der Waals surface area contributed by atoms with Crippen molar-refractivity contribution < 1.29 is 4.74 Å². The Kier molecular flexibility index (Phi) is 8.23. The van der Waals surface area contributed by atoms with Gasteiger partial charge in [0.15, 0.2) is 0 Å². The molecule has 0 radical (unpaired) electrons. The van der Waals surface area contributed by atoms with Crippen LogP contribution in [0.25, 0.3) is 0 Å². The molecular weight excluding hydrogens is 304 g/mol. The van der Waals surface area contributed by atoms with E-state index in [9.17, 15) is 0 Å². The van der Waals surface area contributed by atoms with Crippen LogP contribution >= 0.6 is 0 Å². The normalized spacial score (nSPS) is 9.76. The van der Waals surface area contributed by atoms with Crippen LogP contribution in [0.3, 0.4) is 0 Å². The van der Waals surface area contributed by atoms with Crippen LogP contribution in [0.5, 0.6) is 5.75 Å². The maximum Gasteiger partial charge on any atom is 0.119 e. The first-order chi connectivity index (χ1) is 12.3. The van der Waals surface area contributed by atoms with Crippen molar-refractivity contribution in [2.45, 2.75) is 45.4 Å². The van der Waals surface area contributed by atoms with Crippen LogP contribution in [0.4, 0.5) is 0 Å². The number of hydrogen-bond acceptors (Lipinski definition) is 1.